The summed E-state index contributed by atoms with van der Waals surface area (Å²) in [4.78, 5) is 6.22. The summed E-state index contributed by atoms with van der Waals surface area (Å²) >= 11 is 0. The first-order valence-corrected chi connectivity index (χ1v) is 9.33. The van der Waals surface area contributed by atoms with E-state index in [1.165, 1.54) is 25.4 Å². The van der Waals surface area contributed by atoms with E-state index in [1.807, 2.05) is 6.07 Å². The molecule has 1 fully saturated rings. The summed E-state index contributed by atoms with van der Waals surface area (Å²) < 4.78 is 53.8. The zero-order chi connectivity index (χ0) is 21.0. The van der Waals surface area contributed by atoms with Crippen molar-refractivity contribution in [2.75, 3.05) is 25.0 Å². The van der Waals surface area contributed by atoms with Crippen LogP contribution in [0.4, 0.5) is 23.2 Å². The number of hydrogen-bond donors (Lipinski definition) is 2. The van der Waals surface area contributed by atoms with E-state index in [2.05, 4.69) is 25.6 Å². The van der Waals surface area contributed by atoms with Crippen molar-refractivity contribution in [2.24, 2.45) is 12.0 Å². The average molecular weight is 412 g/mol. The van der Waals surface area contributed by atoms with Crippen LogP contribution in [0.2, 0.25) is 0 Å². The topological polar surface area (TPSA) is 57.5 Å². The van der Waals surface area contributed by atoms with Crippen molar-refractivity contribution in [3.63, 3.8) is 0 Å². The zero-order valence-corrected chi connectivity index (χ0v) is 16.3. The number of rotatable bonds is 4. The highest BCUT2D eigenvalue weighted by atomic mass is 19.4. The number of guanidine groups is 1. The zero-order valence-electron chi connectivity index (χ0n) is 16.3. The molecule has 2 heterocycles. The molecule has 0 unspecified atom stereocenters. The van der Waals surface area contributed by atoms with Gasteiger partial charge in [0.25, 0.3) is 0 Å². The first-order chi connectivity index (χ1) is 13.8. The second kappa shape index (κ2) is 8.71. The van der Waals surface area contributed by atoms with Crippen LogP contribution >= 0.6 is 0 Å². The summed E-state index contributed by atoms with van der Waals surface area (Å²) in [7, 11) is 3.03. The number of nitrogens with zero attached hydrogens (tertiary/aromatic N) is 4. The molecule has 29 heavy (non-hydrogen) atoms. The van der Waals surface area contributed by atoms with Crippen LogP contribution in [0.15, 0.2) is 35.5 Å². The van der Waals surface area contributed by atoms with Gasteiger partial charge in [-0.25, -0.2) is 4.39 Å². The van der Waals surface area contributed by atoms with Gasteiger partial charge in [-0.3, -0.25) is 9.67 Å². The molecule has 6 nitrogen and oxygen atoms in total. The Hall–Kier alpha value is -2.78. The Kier molecular flexibility index (Phi) is 6.29. The molecule has 0 aliphatic carbocycles. The third-order valence-corrected chi connectivity index (χ3v) is 4.85. The van der Waals surface area contributed by atoms with E-state index in [-0.39, 0.29) is 24.0 Å². The molecule has 10 heteroatoms. The predicted molar refractivity (Wildman–Crippen MR) is 103 cm³/mol. The van der Waals surface area contributed by atoms with Crippen LogP contribution in [0.25, 0.3) is 0 Å². The minimum absolute atomic E-state index is 0.0372. The van der Waals surface area contributed by atoms with Crippen molar-refractivity contribution in [1.82, 2.24) is 20.4 Å². The van der Waals surface area contributed by atoms with Crippen LogP contribution < -0.4 is 15.5 Å². The number of alkyl halides is 3. The van der Waals surface area contributed by atoms with E-state index in [9.17, 15) is 17.6 Å². The molecule has 1 aliphatic rings. The minimum Gasteiger partial charge on any atom is -0.371 e. The van der Waals surface area contributed by atoms with Gasteiger partial charge in [-0.05, 0) is 31.0 Å². The number of hydrogen-bond acceptors (Lipinski definition) is 3. The summed E-state index contributed by atoms with van der Waals surface area (Å²) in [5.74, 6) is 0.173. The molecule has 0 radical (unpaired) electrons. The van der Waals surface area contributed by atoms with Gasteiger partial charge in [0.2, 0.25) is 0 Å². The van der Waals surface area contributed by atoms with Gasteiger partial charge in [0, 0.05) is 57.2 Å². The highest BCUT2D eigenvalue weighted by Crippen LogP contribution is 2.30. The number of anilines is 1. The quantitative estimate of drug-likeness (QED) is 0.461. The molecule has 0 atom stereocenters. The van der Waals surface area contributed by atoms with Crippen LogP contribution in [0, 0.1) is 5.82 Å². The normalized spacial score (nSPS) is 16.2. The monoisotopic (exact) mass is 412 g/mol. The van der Waals surface area contributed by atoms with Crippen molar-refractivity contribution in [2.45, 2.75) is 31.6 Å². The fraction of sp³-hybridized carbons (Fsp3) is 0.474. The standard InChI is InChI=1S/C19H24F4N6/c1-24-18(25-11-13-12-28(2)27-17(13)19(21,22)23)26-15-6-8-29(9-7-15)16-5-3-4-14(20)10-16/h3-5,10,12,15H,6-9,11H2,1-2H3,(H2,24,25,26). The highest BCUT2D eigenvalue weighted by Gasteiger charge is 2.36. The molecule has 0 amide bonds. The fourth-order valence-electron chi connectivity index (χ4n) is 3.43. The van der Waals surface area contributed by atoms with Crippen molar-refractivity contribution in [3.05, 3.63) is 47.5 Å². The Balaban J connectivity index is 1.53. The van der Waals surface area contributed by atoms with Gasteiger partial charge >= 0.3 is 6.18 Å². The minimum atomic E-state index is -4.50. The lowest BCUT2D eigenvalue weighted by Gasteiger charge is -2.34. The molecule has 0 bridgehead atoms. The second-order valence-electron chi connectivity index (χ2n) is 6.99. The van der Waals surface area contributed by atoms with Crippen molar-refractivity contribution in [3.8, 4) is 0 Å². The Bertz CT molecular complexity index is 853. The Morgan fingerprint density at radius 2 is 2.00 bits per heavy atom. The third kappa shape index (κ3) is 5.39. The van der Waals surface area contributed by atoms with Crippen LogP contribution in [0.3, 0.4) is 0 Å². The van der Waals surface area contributed by atoms with Crippen LogP contribution in [-0.2, 0) is 19.8 Å². The maximum Gasteiger partial charge on any atom is 0.435 e. The van der Waals surface area contributed by atoms with Crippen molar-refractivity contribution < 1.29 is 17.6 Å². The van der Waals surface area contributed by atoms with E-state index in [1.54, 1.807) is 13.1 Å². The molecule has 3 rings (SSSR count). The molecular formula is C19H24F4N6. The van der Waals surface area contributed by atoms with Crippen LogP contribution in [0.5, 0.6) is 0 Å². The summed E-state index contributed by atoms with van der Waals surface area (Å²) in [6.07, 6.45) is -1.55. The summed E-state index contributed by atoms with van der Waals surface area (Å²) in [6.45, 7) is 1.46. The van der Waals surface area contributed by atoms with Gasteiger partial charge < -0.3 is 15.5 Å². The number of benzene rings is 1. The predicted octanol–water partition coefficient (Wildman–Crippen LogP) is 2.91. The SMILES string of the molecule is CN=C(NCc1cn(C)nc1C(F)(F)F)NC1CCN(c2cccc(F)c2)CC1. The van der Waals surface area contributed by atoms with Crippen LogP contribution in [-0.4, -0.2) is 41.9 Å². The van der Waals surface area contributed by atoms with E-state index in [0.717, 1.165) is 36.3 Å². The number of halogens is 4. The van der Waals surface area contributed by atoms with E-state index >= 15 is 0 Å². The number of piperidine rings is 1. The highest BCUT2D eigenvalue weighted by molar-refractivity contribution is 5.80. The lowest BCUT2D eigenvalue weighted by Crippen LogP contribution is -2.48. The van der Waals surface area contributed by atoms with E-state index in [0.29, 0.717) is 5.96 Å². The number of aromatic nitrogens is 2. The molecule has 1 aromatic heterocycles. The summed E-state index contributed by atoms with van der Waals surface area (Å²) in [6, 6.07) is 6.63. The smallest absolute Gasteiger partial charge is 0.371 e. The van der Waals surface area contributed by atoms with Crippen LogP contribution in [0.1, 0.15) is 24.1 Å². The Labute approximate surface area is 166 Å². The van der Waals surface area contributed by atoms with Gasteiger partial charge in [0.15, 0.2) is 11.7 Å². The molecular weight excluding hydrogens is 388 g/mol. The van der Waals surface area contributed by atoms with E-state index in [4.69, 9.17) is 0 Å². The molecule has 1 saturated heterocycles. The molecule has 1 aliphatic heterocycles. The first-order valence-electron chi connectivity index (χ1n) is 9.33. The van der Waals surface area contributed by atoms with Gasteiger partial charge in [0.1, 0.15) is 5.82 Å². The van der Waals surface area contributed by atoms with Gasteiger partial charge in [-0.2, -0.15) is 18.3 Å². The molecule has 2 N–H and O–H groups in total. The second-order valence-corrected chi connectivity index (χ2v) is 6.99. The van der Waals surface area contributed by atoms with Crippen molar-refractivity contribution in [1.29, 1.82) is 0 Å². The van der Waals surface area contributed by atoms with Gasteiger partial charge in [0.05, 0.1) is 0 Å². The largest absolute Gasteiger partial charge is 0.435 e. The average Bonchev–Trinajstić information content (AvgIpc) is 3.07. The summed E-state index contributed by atoms with van der Waals surface area (Å²) in [5.41, 5.74) is 0.0115. The lowest BCUT2D eigenvalue weighted by atomic mass is 10.0. The fourth-order valence-corrected chi connectivity index (χ4v) is 3.43. The molecule has 0 saturated carbocycles. The first kappa shape index (κ1) is 20.9. The number of aryl methyl sites for hydroxylation is 1. The summed E-state index contributed by atoms with van der Waals surface area (Å²) in [5, 5.41) is 9.69. The molecule has 2 aromatic rings. The third-order valence-electron chi connectivity index (χ3n) is 4.85. The Morgan fingerprint density at radius 1 is 1.28 bits per heavy atom. The maximum absolute atomic E-state index is 13.4. The molecule has 158 valence electrons. The Morgan fingerprint density at radius 3 is 2.62 bits per heavy atom. The van der Waals surface area contributed by atoms with E-state index < -0.39 is 11.9 Å². The lowest BCUT2D eigenvalue weighted by molar-refractivity contribution is -0.142. The number of aliphatic imine (C=N–C) groups is 1. The van der Waals surface area contributed by atoms with Gasteiger partial charge in [-0.1, -0.05) is 6.07 Å². The van der Waals surface area contributed by atoms with Crippen molar-refractivity contribution >= 4 is 11.6 Å². The molecule has 1 aromatic carbocycles. The number of nitrogens with one attached hydrogen (secondary N) is 2. The maximum atomic E-state index is 13.4. The van der Waals surface area contributed by atoms with Gasteiger partial charge in [-0.15, -0.1) is 0 Å². The molecule has 0 spiro atoms.